The van der Waals surface area contributed by atoms with Gasteiger partial charge in [0.05, 0.1) is 10.2 Å². The van der Waals surface area contributed by atoms with Crippen molar-refractivity contribution in [3.63, 3.8) is 0 Å². The highest BCUT2D eigenvalue weighted by Gasteiger charge is 2.19. The van der Waals surface area contributed by atoms with Gasteiger partial charge in [0.15, 0.2) is 0 Å². The molecule has 0 saturated heterocycles. The number of nitrogens with zero attached hydrogens (tertiary/aromatic N) is 2. The molecular formula is C53H32N2OS2. The molecule has 3 heterocycles. The monoisotopic (exact) mass is 776 g/mol. The first-order valence-electron chi connectivity index (χ1n) is 19.4. The molecule has 0 radical (unpaired) electrons. The molecule has 0 atom stereocenters. The van der Waals surface area contributed by atoms with Crippen LogP contribution in [0, 0.1) is 0 Å². The Balaban J connectivity index is 1.02. The molecule has 272 valence electrons. The van der Waals surface area contributed by atoms with Gasteiger partial charge >= 0.3 is 0 Å². The molecule has 5 heteroatoms. The van der Waals surface area contributed by atoms with Gasteiger partial charge < -0.3 is 9.32 Å². The number of thiazole rings is 1. The van der Waals surface area contributed by atoms with Crippen molar-refractivity contribution in [2.75, 3.05) is 4.90 Å². The fourth-order valence-corrected chi connectivity index (χ4v) is 10.8. The van der Waals surface area contributed by atoms with E-state index in [4.69, 9.17) is 9.40 Å². The van der Waals surface area contributed by atoms with Crippen molar-refractivity contribution in [1.29, 1.82) is 0 Å². The lowest BCUT2D eigenvalue weighted by atomic mass is 9.92. The lowest BCUT2D eigenvalue weighted by molar-refractivity contribution is 0.669. The molecule has 12 rings (SSSR count). The van der Waals surface area contributed by atoms with Gasteiger partial charge in [-0.05, 0) is 99.8 Å². The molecule has 0 aliphatic rings. The van der Waals surface area contributed by atoms with Gasteiger partial charge in [-0.25, -0.2) is 4.98 Å². The molecule has 58 heavy (non-hydrogen) atoms. The van der Waals surface area contributed by atoms with Gasteiger partial charge in [0.1, 0.15) is 16.2 Å². The van der Waals surface area contributed by atoms with Crippen LogP contribution in [-0.4, -0.2) is 4.98 Å². The molecule has 12 aromatic rings. The fourth-order valence-electron chi connectivity index (χ4n) is 8.49. The van der Waals surface area contributed by atoms with Crippen LogP contribution >= 0.6 is 22.7 Å². The van der Waals surface area contributed by atoms with Crippen LogP contribution in [0.5, 0.6) is 0 Å². The Morgan fingerprint density at radius 2 is 1.07 bits per heavy atom. The number of para-hydroxylation sites is 2. The topological polar surface area (TPSA) is 29.3 Å². The Kier molecular flexibility index (Phi) is 7.58. The van der Waals surface area contributed by atoms with Crippen LogP contribution in [0.15, 0.2) is 199 Å². The lowest BCUT2D eigenvalue weighted by Gasteiger charge is -2.25. The maximum Gasteiger partial charge on any atom is 0.137 e. The van der Waals surface area contributed by atoms with Crippen molar-refractivity contribution in [3.05, 3.63) is 194 Å². The highest BCUT2D eigenvalue weighted by molar-refractivity contribution is 7.26. The summed E-state index contributed by atoms with van der Waals surface area (Å²) in [6, 6.07) is 69.7. The van der Waals surface area contributed by atoms with Crippen molar-refractivity contribution in [2.45, 2.75) is 0 Å². The highest BCUT2D eigenvalue weighted by atomic mass is 32.1. The molecule has 0 N–H and O–H groups in total. The number of aromatic nitrogens is 1. The first-order valence-corrected chi connectivity index (χ1v) is 21.1. The third kappa shape index (κ3) is 5.43. The average molecular weight is 777 g/mol. The van der Waals surface area contributed by atoms with E-state index in [2.05, 4.69) is 187 Å². The molecule has 0 aliphatic carbocycles. The van der Waals surface area contributed by atoms with Gasteiger partial charge in [-0.3, -0.25) is 0 Å². The Bertz CT molecular complexity index is 3510. The lowest BCUT2D eigenvalue weighted by Crippen LogP contribution is -2.09. The second-order valence-electron chi connectivity index (χ2n) is 14.7. The standard InChI is InChI=1S/C53H32N2OS2/c1-3-12-35(13-4-1)53-54-47-28-22-36(29-51(47)58-53)44-31-46-43-26-21-33-11-7-8-16-40(33)52(43)57-50(46)32-45(44)34-19-23-38(24-20-34)55(37-14-5-2-6-15-37)39-25-27-42-41-17-9-10-18-48(41)56-49(42)30-39/h1-32H. The summed E-state index contributed by atoms with van der Waals surface area (Å²) in [5.74, 6) is 0. The summed E-state index contributed by atoms with van der Waals surface area (Å²) in [4.78, 5) is 7.33. The summed E-state index contributed by atoms with van der Waals surface area (Å²) < 4.78 is 10.1. The first-order chi connectivity index (χ1) is 28.7. The molecule has 3 nitrogen and oxygen atoms in total. The average Bonchev–Trinajstić information content (AvgIpc) is 4.00. The van der Waals surface area contributed by atoms with E-state index >= 15 is 0 Å². The van der Waals surface area contributed by atoms with Crippen molar-refractivity contribution in [3.8, 4) is 32.8 Å². The minimum Gasteiger partial charge on any atom is -0.456 e. The minimum absolute atomic E-state index is 0.874. The largest absolute Gasteiger partial charge is 0.456 e. The third-order valence-electron chi connectivity index (χ3n) is 11.3. The maximum absolute atomic E-state index is 6.35. The van der Waals surface area contributed by atoms with Gasteiger partial charge in [-0.15, -0.1) is 22.7 Å². The first kappa shape index (κ1) is 33.1. The maximum atomic E-state index is 6.35. The van der Waals surface area contributed by atoms with Gasteiger partial charge in [0, 0.05) is 59.6 Å². The number of thiophene rings is 1. The molecular weight excluding hydrogens is 745 g/mol. The predicted molar refractivity (Wildman–Crippen MR) is 248 cm³/mol. The van der Waals surface area contributed by atoms with Gasteiger partial charge in [0.2, 0.25) is 0 Å². The number of furan rings is 1. The molecule has 0 amide bonds. The van der Waals surface area contributed by atoms with Crippen molar-refractivity contribution < 1.29 is 4.42 Å². The third-order valence-corrected chi connectivity index (χ3v) is 13.6. The zero-order valence-corrected chi connectivity index (χ0v) is 32.7. The van der Waals surface area contributed by atoms with Gasteiger partial charge in [-0.2, -0.15) is 0 Å². The van der Waals surface area contributed by atoms with Crippen LogP contribution in [0.25, 0.3) is 95.9 Å². The van der Waals surface area contributed by atoms with Crippen LogP contribution in [0.1, 0.15) is 0 Å². The SMILES string of the molecule is c1ccc(-c2nc3ccc(-c4cc5c(cc4-c4ccc(N(c6ccccc6)c6ccc7c(c6)oc6ccccc67)cc4)sc4c6ccccc6ccc54)cc3s2)cc1. The Hall–Kier alpha value is -7.05. The molecule has 0 unspecified atom stereocenters. The number of benzene rings is 9. The van der Waals surface area contributed by atoms with Crippen LogP contribution in [0.2, 0.25) is 0 Å². The van der Waals surface area contributed by atoms with Crippen LogP contribution in [0.4, 0.5) is 17.1 Å². The van der Waals surface area contributed by atoms with E-state index in [1.54, 1.807) is 11.3 Å². The molecule has 0 aliphatic heterocycles. The Labute approximate surface area is 342 Å². The van der Waals surface area contributed by atoms with Crippen LogP contribution < -0.4 is 4.90 Å². The summed E-state index contributed by atoms with van der Waals surface area (Å²) in [5, 5.41) is 8.44. The zero-order valence-electron chi connectivity index (χ0n) is 31.1. The smallest absolute Gasteiger partial charge is 0.137 e. The molecule has 9 aromatic carbocycles. The van der Waals surface area contributed by atoms with Gasteiger partial charge in [0.25, 0.3) is 0 Å². The number of hydrogen-bond donors (Lipinski definition) is 0. The summed E-state index contributed by atoms with van der Waals surface area (Å²) >= 11 is 3.64. The number of anilines is 3. The van der Waals surface area contributed by atoms with Gasteiger partial charge in [-0.1, -0.05) is 121 Å². The molecule has 0 bridgehead atoms. The normalized spacial score (nSPS) is 11.8. The predicted octanol–water partition coefficient (Wildman–Crippen LogP) is 16.2. The van der Waals surface area contributed by atoms with Crippen LogP contribution in [-0.2, 0) is 0 Å². The molecule has 3 aromatic heterocycles. The summed E-state index contributed by atoms with van der Waals surface area (Å²) in [7, 11) is 0. The number of hydrogen-bond acceptors (Lipinski definition) is 5. The summed E-state index contributed by atoms with van der Waals surface area (Å²) in [6.07, 6.45) is 0. The zero-order chi connectivity index (χ0) is 38.2. The second kappa shape index (κ2) is 13.3. The van der Waals surface area contributed by atoms with Crippen molar-refractivity contribution in [2.24, 2.45) is 0 Å². The van der Waals surface area contributed by atoms with E-state index in [-0.39, 0.29) is 0 Å². The molecule has 0 saturated carbocycles. The second-order valence-corrected chi connectivity index (χ2v) is 16.8. The summed E-state index contributed by atoms with van der Waals surface area (Å²) in [6.45, 7) is 0. The van der Waals surface area contributed by atoms with E-state index in [1.165, 1.54) is 52.3 Å². The number of fused-ring (bicyclic) bond motifs is 9. The van der Waals surface area contributed by atoms with E-state index in [0.29, 0.717) is 0 Å². The molecule has 0 spiro atoms. The van der Waals surface area contributed by atoms with E-state index in [0.717, 1.165) is 60.7 Å². The highest BCUT2D eigenvalue weighted by Crippen LogP contribution is 2.46. The van der Waals surface area contributed by atoms with E-state index in [1.807, 2.05) is 23.5 Å². The van der Waals surface area contributed by atoms with Crippen molar-refractivity contribution >= 4 is 103 Å². The van der Waals surface area contributed by atoms with E-state index in [9.17, 15) is 0 Å². The molecule has 0 fully saturated rings. The summed E-state index contributed by atoms with van der Waals surface area (Å²) in [5.41, 5.74) is 11.9. The van der Waals surface area contributed by atoms with Crippen molar-refractivity contribution in [1.82, 2.24) is 4.98 Å². The Morgan fingerprint density at radius 1 is 0.397 bits per heavy atom. The fraction of sp³-hybridized carbons (Fsp3) is 0. The van der Waals surface area contributed by atoms with E-state index < -0.39 is 0 Å². The minimum atomic E-state index is 0.874. The van der Waals surface area contributed by atoms with Crippen LogP contribution in [0.3, 0.4) is 0 Å². The quantitative estimate of drug-likeness (QED) is 0.168. The number of rotatable bonds is 6. The Morgan fingerprint density at radius 3 is 1.93 bits per heavy atom.